The van der Waals surface area contributed by atoms with Gasteiger partial charge in [-0.15, -0.1) is 0 Å². The third-order valence-electron chi connectivity index (χ3n) is 1.57. The van der Waals surface area contributed by atoms with Crippen molar-refractivity contribution >= 4 is 29.3 Å². The highest BCUT2D eigenvalue weighted by molar-refractivity contribution is 8.04. The van der Waals surface area contributed by atoms with Crippen LogP contribution in [0.5, 0.6) is 0 Å². The molecule has 15 heavy (non-hydrogen) atoms. The van der Waals surface area contributed by atoms with Crippen LogP contribution in [0.3, 0.4) is 0 Å². The Morgan fingerprint density at radius 3 is 2.80 bits per heavy atom. The van der Waals surface area contributed by atoms with Gasteiger partial charge >= 0.3 is 5.97 Å². The average Bonchev–Trinajstić information content (AvgIpc) is 2.21. The van der Waals surface area contributed by atoms with E-state index < -0.39 is 5.97 Å². The van der Waals surface area contributed by atoms with E-state index in [1.807, 2.05) is 18.2 Å². The minimum absolute atomic E-state index is 0.338. The third kappa shape index (κ3) is 3.61. The van der Waals surface area contributed by atoms with Gasteiger partial charge < -0.3 is 4.74 Å². The van der Waals surface area contributed by atoms with E-state index >= 15 is 0 Å². The zero-order valence-electron chi connectivity index (χ0n) is 8.33. The lowest BCUT2D eigenvalue weighted by atomic mass is 10.4. The molecule has 0 bridgehead atoms. The van der Waals surface area contributed by atoms with Crippen LogP contribution in [0.4, 0.5) is 0 Å². The first-order valence-electron chi connectivity index (χ1n) is 4.43. The number of halogens is 1. The minimum Gasteiger partial charge on any atom is -0.462 e. The summed E-state index contributed by atoms with van der Waals surface area (Å²) in [6.07, 6.45) is 0. The standard InChI is InChI=1S/C11H11ClO2S/c1-3-14-11(13)8(2)15-10-7-5-4-6-9(10)12/h4-7H,2-3H2,1H3. The van der Waals surface area contributed by atoms with Crippen LogP contribution in [0.15, 0.2) is 40.6 Å². The van der Waals surface area contributed by atoms with E-state index in [4.69, 9.17) is 16.3 Å². The fraction of sp³-hybridized carbons (Fsp3) is 0.182. The largest absolute Gasteiger partial charge is 0.462 e. The van der Waals surface area contributed by atoms with E-state index in [9.17, 15) is 4.79 Å². The molecule has 0 N–H and O–H groups in total. The summed E-state index contributed by atoms with van der Waals surface area (Å²) in [7, 11) is 0. The lowest BCUT2D eigenvalue weighted by molar-refractivity contribution is -0.137. The number of hydrogen-bond acceptors (Lipinski definition) is 3. The molecule has 4 heteroatoms. The highest BCUT2D eigenvalue weighted by Gasteiger charge is 2.10. The van der Waals surface area contributed by atoms with Crippen molar-refractivity contribution in [3.8, 4) is 0 Å². The molecule has 0 aliphatic carbocycles. The van der Waals surface area contributed by atoms with Gasteiger partial charge in [-0.2, -0.15) is 0 Å². The Bertz CT molecular complexity index is 377. The van der Waals surface area contributed by atoms with Crippen molar-refractivity contribution < 1.29 is 9.53 Å². The Morgan fingerprint density at radius 1 is 1.53 bits per heavy atom. The number of rotatable bonds is 4. The molecule has 0 aliphatic rings. The summed E-state index contributed by atoms with van der Waals surface area (Å²) >= 11 is 7.15. The number of carbonyl (C=O) groups is 1. The molecular formula is C11H11ClO2S. The van der Waals surface area contributed by atoms with Crippen LogP contribution in [0, 0.1) is 0 Å². The van der Waals surface area contributed by atoms with Crippen molar-refractivity contribution in [2.24, 2.45) is 0 Å². The number of esters is 1. The number of hydrogen-bond donors (Lipinski definition) is 0. The number of benzene rings is 1. The SMILES string of the molecule is C=C(Sc1ccccc1Cl)C(=O)OCC. The second-order valence-corrected chi connectivity index (χ2v) is 4.22. The molecule has 0 atom stereocenters. The molecule has 0 amide bonds. The zero-order chi connectivity index (χ0) is 11.3. The van der Waals surface area contributed by atoms with Gasteiger partial charge in [-0.05, 0) is 19.1 Å². The van der Waals surface area contributed by atoms with Crippen LogP contribution in [-0.4, -0.2) is 12.6 Å². The predicted octanol–water partition coefficient (Wildman–Crippen LogP) is 3.51. The first-order valence-corrected chi connectivity index (χ1v) is 5.63. The first-order chi connectivity index (χ1) is 7.15. The number of ether oxygens (including phenoxy) is 1. The van der Waals surface area contributed by atoms with Crippen LogP contribution < -0.4 is 0 Å². The van der Waals surface area contributed by atoms with Crippen molar-refractivity contribution in [2.75, 3.05) is 6.61 Å². The Balaban J connectivity index is 2.67. The molecule has 1 rings (SSSR count). The molecule has 2 nitrogen and oxygen atoms in total. The van der Waals surface area contributed by atoms with Gasteiger partial charge in [-0.25, -0.2) is 4.79 Å². The number of carbonyl (C=O) groups excluding carboxylic acids is 1. The molecule has 1 aromatic carbocycles. The van der Waals surface area contributed by atoms with Crippen LogP contribution in [0.2, 0.25) is 5.02 Å². The molecule has 80 valence electrons. The van der Waals surface area contributed by atoms with Crippen molar-refractivity contribution in [1.29, 1.82) is 0 Å². The Morgan fingerprint density at radius 2 is 2.20 bits per heavy atom. The minimum atomic E-state index is -0.401. The molecule has 0 aromatic heterocycles. The van der Waals surface area contributed by atoms with Crippen molar-refractivity contribution in [3.05, 3.63) is 40.8 Å². The van der Waals surface area contributed by atoms with E-state index in [1.165, 1.54) is 11.8 Å². The van der Waals surface area contributed by atoms with E-state index in [2.05, 4.69) is 6.58 Å². The molecule has 0 spiro atoms. The summed E-state index contributed by atoms with van der Waals surface area (Å²) in [6, 6.07) is 7.28. The van der Waals surface area contributed by atoms with E-state index in [-0.39, 0.29) is 0 Å². The van der Waals surface area contributed by atoms with E-state index in [1.54, 1.807) is 13.0 Å². The maximum atomic E-state index is 11.3. The summed E-state index contributed by atoms with van der Waals surface area (Å²) in [5.74, 6) is -0.401. The van der Waals surface area contributed by atoms with Gasteiger partial charge in [0.25, 0.3) is 0 Å². The van der Waals surface area contributed by atoms with Gasteiger partial charge in [-0.3, -0.25) is 0 Å². The van der Waals surface area contributed by atoms with Gasteiger partial charge in [0.1, 0.15) is 0 Å². The summed E-state index contributed by atoms with van der Waals surface area (Å²) in [5.41, 5.74) is 0. The molecule has 0 saturated carbocycles. The Kier molecular flexibility index (Phi) is 4.72. The zero-order valence-corrected chi connectivity index (χ0v) is 9.90. The van der Waals surface area contributed by atoms with Crippen LogP contribution in [-0.2, 0) is 9.53 Å². The van der Waals surface area contributed by atoms with Crippen molar-refractivity contribution in [1.82, 2.24) is 0 Å². The average molecular weight is 243 g/mol. The predicted molar refractivity (Wildman–Crippen MR) is 63.1 cm³/mol. The van der Waals surface area contributed by atoms with Crippen molar-refractivity contribution in [2.45, 2.75) is 11.8 Å². The second kappa shape index (κ2) is 5.83. The van der Waals surface area contributed by atoms with Crippen LogP contribution in [0.25, 0.3) is 0 Å². The lowest BCUT2D eigenvalue weighted by Crippen LogP contribution is -2.04. The monoisotopic (exact) mass is 242 g/mol. The molecule has 0 fully saturated rings. The van der Waals surface area contributed by atoms with Gasteiger partial charge in [-0.1, -0.05) is 42.1 Å². The molecule has 0 saturated heterocycles. The molecular weight excluding hydrogens is 232 g/mol. The Hall–Kier alpha value is -0.930. The first kappa shape index (κ1) is 12.1. The topological polar surface area (TPSA) is 26.3 Å². The fourth-order valence-electron chi connectivity index (χ4n) is 0.913. The summed E-state index contributed by atoms with van der Waals surface area (Å²) in [5, 5.41) is 0.605. The van der Waals surface area contributed by atoms with Gasteiger partial charge in [0.2, 0.25) is 0 Å². The maximum Gasteiger partial charge on any atom is 0.344 e. The molecule has 0 heterocycles. The molecule has 0 unspecified atom stereocenters. The molecule has 1 aromatic rings. The number of thioether (sulfide) groups is 1. The van der Waals surface area contributed by atoms with Gasteiger partial charge in [0.05, 0.1) is 16.5 Å². The van der Waals surface area contributed by atoms with Crippen molar-refractivity contribution in [3.63, 3.8) is 0 Å². The van der Waals surface area contributed by atoms with Gasteiger partial charge in [0, 0.05) is 4.90 Å². The maximum absolute atomic E-state index is 11.3. The second-order valence-electron chi connectivity index (χ2n) is 2.68. The summed E-state index contributed by atoms with van der Waals surface area (Å²) in [6.45, 7) is 5.74. The lowest BCUT2D eigenvalue weighted by Gasteiger charge is -2.05. The van der Waals surface area contributed by atoms with E-state index in [0.717, 1.165) is 4.90 Å². The normalized spacial score (nSPS) is 9.73. The highest BCUT2D eigenvalue weighted by atomic mass is 35.5. The third-order valence-corrected chi connectivity index (χ3v) is 3.00. The fourth-order valence-corrected chi connectivity index (χ4v) is 1.88. The smallest absolute Gasteiger partial charge is 0.344 e. The summed E-state index contributed by atoms with van der Waals surface area (Å²) in [4.78, 5) is 12.4. The quantitative estimate of drug-likeness (QED) is 0.459. The van der Waals surface area contributed by atoms with E-state index in [0.29, 0.717) is 16.5 Å². The molecule has 0 aliphatic heterocycles. The summed E-state index contributed by atoms with van der Waals surface area (Å²) < 4.78 is 4.81. The molecule has 0 radical (unpaired) electrons. The van der Waals surface area contributed by atoms with Gasteiger partial charge in [0.15, 0.2) is 0 Å². The van der Waals surface area contributed by atoms with Crippen LogP contribution >= 0.6 is 23.4 Å². The Labute approximate surface area is 98.3 Å². The highest BCUT2D eigenvalue weighted by Crippen LogP contribution is 2.31. The van der Waals surface area contributed by atoms with Crippen LogP contribution in [0.1, 0.15) is 6.92 Å².